The lowest BCUT2D eigenvalue weighted by molar-refractivity contribution is -0.119. The van der Waals surface area contributed by atoms with E-state index >= 15 is 0 Å². The molecule has 0 radical (unpaired) electrons. The van der Waals surface area contributed by atoms with Gasteiger partial charge in [-0.05, 0) is 43.0 Å². The average Bonchev–Trinajstić information content (AvgIpc) is 2.97. The molecule has 1 aliphatic carbocycles. The molecule has 1 aromatic heterocycles. The summed E-state index contributed by atoms with van der Waals surface area (Å²) in [7, 11) is 0. The van der Waals surface area contributed by atoms with E-state index in [1.165, 1.54) is 6.39 Å². The first-order chi connectivity index (χ1) is 10.2. The van der Waals surface area contributed by atoms with Gasteiger partial charge < -0.3 is 15.5 Å². The van der Waals surface area contributed by atoms with Crippen molar-refractivity contribution >= 4 is 11.6 Å². The molecule has 1 saturated carbocycles. The first-order valence-electron chi connectivity index (χ1n) is 7.07. The summed E-state index contributed by atoms with van der Waals surface area (Å²) in [6.07, 6.45) is 5.01. The Kier molecular flexibility index (Phi) is 3.70. The van der Waals surface area contributed by atoms with Crippen LogP contribution in [0.4, 0.5) is 5.69 Å². The van der Waals surface area contributed by atoms with Crippen LogP contribution in [0.2, 0.25) is 0 Å². The van der Waals surface area contributed by atoms with Crippen LogP contribution in [0.5, 0.6) is 0 Å². The molecule has 0 bridgehead atoms. The Morgan fingerprint density at radius 2 is 2.29 bits per heavy atom. The van der Waals surface area contributed by atoms with Crippen LogP contribution in [0.25, 0.3) is 11.5 Å². The van der Waals surface area contributed by atoms with Gasteiger partial charge in [-0.25, -0.2) is 0 Å². The van der Waals surface area contributed by atoms with Crippen molar-refractivity contribution in [3.8, 4) is 11.5 Å². The third-order valence-electron chi connectivity index (χ3n) is 4.14. The van der Waals surface area contributed by atoms with Crippen LogP contribution in [-0.2, 0) is 4.79 Å². The summed E-state index contributed by atoms with van der Waals surface area (Å²) in [5.41, 5.74) is 7.30. The maximum atomic E-state index is 12.2. The molecule has 1 fully saturated rings. The van der Waals surface area contributed by atoms with E-state index in [-0.39, 0.29) is 11.3 Å². The van der Waals surface area contributed by atoms with Crippen molar-refractivity contribution in [2.75, 3.05) is 11.9 Å². The van der Waals surface area contributed by atoms with Gasteiger partial charge in [0.25, 0.3) is 0 Å². The number of aromatic nitrogens is 2. The molecule has 0 unspecified atom stereocenters. The predicted octanol–water partition coefficient (Wildman–Crippen LogP) is 2.19. The van der Waals surface area contributed by atoms with Crippen molar-refractivity contribution in [1.82, 2.24) is 10.2 Å². The lowest BCUT2D eigenvalue weighted by atomic mass is 9.66. The Balaban J connectivity index is 1.67. The highest BCUT2D eigenvalue weighted by molar-refractivity contribution is 5.91. The molecule has 6 heteroatoms. The molecule has 110 valence electrons. The molecule has 2 aromatic rings. The van der Waals surface area contributed by atoms with Gasteiger partial charge >= 0.3 is 0 Å². The van der Waals surface area contributed by atoms with Gasteiger partial charge in [0.1, 0.15) is 0 Å². The van der Waals surface area contributed by atoms with E-state index < -0.39 is 0 Å². The maximum Gasteiger partial charge on any atom is 0.247 e. The smallest absolute Gasteiger partial charge is 0.247 e. The number of nitrogens with one attached hydrogen (secondary N) is 1. The fraction of sp³-hybridized carbons (Fsp3) is 0.400. The summed E-state index contributed by atoms with van der Waals surface area (Å²) in [5, 5.41) is 10.4. The number of hydrogen-bond donors (Lipinski definition) is 2. The maximum absolute atomic E-state index is 12.2. The second kappa shape index (κ2) is 5.65. The van der Waals surface area contributed by atoms with E-state index in [0.717, 1.165) is 30.5 Å². The first kappa shape index (κ1) is 13.8. The van der Waals surface area contributed by atoms with E-state index in [1.54, 1.807) is 0 Å². The number of benzene rings is 1. The van der Waals surface area contributed by atoms with Crippen LogP contribution >= 0.6 is 0 Å². The number of nitrogens with two attached hydrogens (primary N) is 1. The van der Waals surface area contributed by atoms with Crippen molar-refractivity contribution in [3.05, 3.63) is 30.7 Å². The van der Waals surface area contributed by atoms with Crippen LogP contribution in [0.1, 0.15) is 25.7 Å². The van der Waals surface area contributed by atoms with E-state index in [2.05, 4.69) is 15.5 Å². The molecule has 3 N–H and O–H groups in total. The minimum Gasteiger partial charge on any atom is -0.423 e. The SMILES string of the molecule is NCC1(CC(=O)Nc2cccc(-c3nnco3)c2)CCC1. The van der Waals surface area contributed by atoms with Crippen LogP contribution < -0.4 is 11.1 Å². The average molecular weight is 286 g/mol. The lowest BCUT2D eigenvalue weighted by Crippen LogP contribution is -2.40. The Labute approximate surface area is 122 Å². The third-order valence-corrected chi connectivity index (χ3v) is 4.14. The number of carbonyl (C=O) groups excluding carboxylic acids is 1. The van der Waals surface area contributed by atoms with Gasteiger partial charge in [0.2, 0.25) is 18.2 Å². The highest BCUT2D eigenvalue weighted by Crippen LogP contribution is 2.43. The molecule has 0 aliphatic heterocycles. The number of hydrogen-bond acceptors (Lipinski definition) is 5. The molecule has 3 rings (SSSR count). The normalized spacial score (nSPS) is 16.2. The number of amides is 1. The van der Waals surface area contributed by atoms with E-state index in [4.69, 9.17) is 10.2 Å². The predicted molar refractivity (Wildman–Crippen MR) is 78.3 cm³/mol. The highest BCUT2D eigenvalue weighted by Gasteiger charge is 2.37. The Hall–Kier alpha value is -2.21. The van der Waals surface area contributed by atoms with Crippen LogP contribution in [0.3, 0.4) is 0 Å². The van der Waals surface area contributed by atoms with E-state index in [1.807, 2.05) is 24.3 Å². The van der Waals surface area contributed by atoms with E-state index in [9.17, 15) is 4.79 Å². The third kappa shape index (κ3) is 2.95. The molecule has 6 nitrogen and oxygen atoms in total. The summed E-state index contributed by atoms with van der Waals surface area (Å²) in [6.45, 7) is 0.572. The lowest BCUT2D eigenvalue weighted by Gasteiger charge is -2.40. The Bertz CT molecular complexity index is 615. The van der Waals surface area contributed by atoms with Crippen molar-refractivity contribution < 1.29 is 9.21 Å². The number of anilines is 1. The zero-order valence-corrected chi connectivity index (χ0v) is 11.7. The molecule has 1 amide bonds. The Morgan fingerprint density at radius 1 is 1.43 bits per heavy atom. The van der Waals surface area contributed by atoms with Crippen molar-refractivity contribution in [2.24, 2.45) is 11.1 Å². The fourth-order valence-corrected chi connectivity index (χ4v) is 2.70. The number of rotatable bonds is 5. The molecule has 1 aromatic carbocycles. The van der Waals surface area contributed by atoms with Gasteiger partial charge in [-0.1, -0.05) is 12.5 Å². The standard InChI is InChI=1S/C15H18N4O2/c16-9-15(5-2-6-15)8-13(20)18-12-4-1-3-11(7-12)14-19-17-10-21-14/h1,3-4,7,10H,2,5-6,8-9,16H2,(H,18,20). The molecule has 1 heterocycles. The summed E-state index contributed by atoms with van der Waals surface area (Å²) < 4.78 is 5.15. The second-order valence-electron chi connectivity index (χ2n) is 5.61. The fourth-order valence-electron chi connectivity index (χ4n) is 2.70. The second-order valence-corrected chi connectivity index (χ2v) is 5.61. The largest absolute Gasteiger partial charge is 0.423 e. The van der Waals surface area contributed by atoms with Crippen LogP contribution in [-0.4, -0.2) is 22.6 Å². The van der Waals surface area contributed by atoms with Gasteiger partial charge in [0, 0.05) is 17.7 Å². The summed E-state index contributed by atoms with van der Waals surface area (Å²) in [6, 6.07) is 7.36. The van der Waals surface area contributed by atoms with Gasteiger partial charge in [-0.2, -0.15) is 0 Å². The molecule has 0 spiro atoms. The minimum atomic E-state index is 0.00262. The van der Waals surface area contributed by atoms with Crippen molar-refractivity contribution in [1.29, 1.82) is 0 Å². The quantitative estimate of drug-likeness (QED) is 0.878. The zero-order chi connectivity index (χ0) is 14.7. The summed E-state index contributed by atoms with van der Waals surface area (Å²) in [5.74, 6) is 0.436. The van der Waals surface area contributed by atoms with Crippen LogP contribution in [0.15, 0.2) is 35.1 Å². The Morgan fingerprint density at radius 3 is 2.90 bits per heavy atom. The molecule has 0 atom stereocenters. The van der Waals surface area contributed by atoms with Gasteiger partial charge in [-0.3, -0.25) is 4.79 Å². The molecule has 1 aliphatic rings. The van der Waals surface area contributed by atoms with Crippen molar-refractivity contribution in [2.45, 2.75) is 25.7 Å². The monoisotopic (exact) mass is 286 g/mol. The van der Waals surface area contributed by atoms with Gasteiger partial charge in [-0.15, -0.1) is 10.2 Å². The number of nitrogens with zero attached hydrogens (tertiary/aromatic N) is 2. The minimum absolute atomic E-state index is 0.00262. The van der Waals surface area contributed by atoms with Crippen LogP contribution in [0, 0.1) is 5.41 Å². The van der Waals surface area contributed by atoms with Gasteiger partial charge in [0.05, 0.1) is 0 Å². The van der Waals surface area contributed by atoms with Gasteiger partial charge in [0.15, 0.2) is 0 Å². The summed E-state index contributed by atoms with van der Waals surface area (Å²) in [4.78, 5) is 12.2. The van der Waals surface area contributed by atoms with Crippen molar-refractivity contribution in [3.63, 3.8) is 0 Å². The molecule has 21 heavy (non-hydrogen) atoms. The number of carbonyl (C=O) groups is 1. The zero-order valence-electron chi connectivity index (χ0n) is 11.7. The first-order valence-corrected chi connectivity index (χ1v) is 7.07. The summed E-state index contributed by atoms with van der Waals surface area (Å²) >= 11 is 0. The molecular formula is C15H18N4O2. The molecular weight excluding hydrogens is 268 g/mol. The van der Waals surface area contributed by atoms with E-state index in [0.29, 0.717) is 18.9 Å². The topological polar surface area (TPSA) is 94.0 Å². The highest BCUT2D eigenvalue weighted by atomic mass is 16.4. The molecule has 0 saturated heterocycles.